The fourth-order valence-corrected chi connectivity index (χ4v) is 0.794. The second kappa shape index (κ2) is 5.11. The van der Waals surface area contributed by atoms with Crippen LogP contribution in [0.2, 0.25) is 0 Å². The monoisotopic (exact) mass is 252 g/mol. The van der Waals surface area contributed by atoms with E-state index in [2.05, 4.69) is 24.8 Å². The molecule has 0 aliphatic rings. The number of hydrogen-bond donors (Lipinski definition) is 1. The second-order valence-electron chi connectivity index (χ2n) is 1.64. The van der Waals surface area contributed by atoms with E-state index in [1.165, 1.54) is 5.56 Å². The third-order valence-electron chi connectivity index (χ3n) is 1.03. The first kappa shape index (κ1) is 9.30. The summed E-state index contributed by atoms with van der Waals surface area (Å²) in [5.74, 6) is 0.834. The molecule has 0 bridgehead atoms. The van der Waals surface area contributed by atoms with Gasteiger partial charge in [-0.05, 0) is 5.56 Å². The lowest BCUT2D eigenvalue weighted by atomic mass is 10.2. The van der Waals surface area contributed by atoms with Crippen LogP contribution in [0.1, 0.15) is 5.56 Å². The maximum absolute atomic E-state index is 4.11. The molecular formula is C7H9IS. The van der Waals surface area contributed by atoms with E-state index in [4.69, 9.17) is 0 Å². The van der Waals surface area contributed by atoms with Crippen molar-refractivity contribution in [2.45, 2.75) is 5.75 Å². The average Bonchev–Trinajstić information content (AvgIpc) is 1.90. The first-order valence-electron chi connectivity index (χ1n) is 2.58. The van der Waals surface area contributed by atoms with Crippen LogP contribution in [-0.4, -0.2) is 0 Å². The fourth-order valence-electron chi connectivity index (χ4n) is 0.583. The van der Waals surface area contributed by atoms with Gasteiger partial charge in [0.1, 0.15) is 0 Å². The lowest BCUT2D eigenvalue weighted by Crippen LogP contribution is -1.71. The van der Waals surface area contributed by atoms with E-state index >= 15 is 0 Å². The van der Waals surface area contributed by atoms with Gasteiger partial charge in [-0.3, -0.25) is 0 Å². The zero-order valence-electron chi connectivity index (χ0n) is 4.95. The van der Waals surface area contributed by atoms with Gasteiger partial charge in [-0.1, -0.05) is 30.3 Å². The molecule has 0 aliphatic carbocycles. The molecule has 0 saturated heterocycles. The van der Waals surface area contributed by atoms with E-state index in [9.17, 15) is 0 Å². The molecule has 0 nitrogen and oxygen atoms in total. The highest BCUT2D eigenvalue weighted by Gasteiger charge is 1.80. The van der Waals surface area contributed by atoms with E-state index in [0.29, 0.717) is 0 Å². The van der Waals surface area contributed by atoms with Crippen LogP contribution in [0.4, 0.5) is 0 Å². The van der Waals surface area contributed by atoms with Gasteiger partial charge in [0.05, 0.1) is 0 Å². The van der Waals surface area contributed by atoms with Gasteiger partial charge in [0.2, 0.25) is 0 Å². The van der Waals surface area contributed by atoms with Crippen molar-refractivity contribution >= 4 is 36.6 Å². The highest BCUT2D eigenvalue weighted by molar-refractivity contribution is 14.0. The van der Waals surface area contributed by atoms with Crippen LogP contribution in [0.3, 0.4) is 0 Å². The topological polar surface area (TPSA) is 0 Å². The van der Waals surface area contributed by atoms with Gasteiger partial charge in [0.15, 0.2) is 0 Å². The Balaban J connectivity index is 0.000000640. The molecule has 1 rings (SSSR count). The van der Waals surface area contributed by atoms with Gasteiger partial charge in [-0.2, -0.15) is 12.6 Å². The van der Waals surface area contributed by atoms with Gasteiger partial charge >= 0.3 is 0 Å². The quantitative estimate of drug-likeness (QED) is 0.576. The summed E-state index contributed by atoms with van der Waals surface area (Å²) in [6.07, 6.45) is 0. The Labute approximate surface area is 78.1 Å². The van der Waals surface area contributed by atoms with Gasteiger partial charge in [0.25, 0.3) is 0 Å². The molecule has 1 aromatic rings. The molecule has 0 saturated carbocycles. The first-order chi connectivity index (χ1) is 3.93. The molecule has 50 valence electrons. The molecule has 9 heavy (non-hydrogen) atoms. The van der Waals surface area contributed by atoms with Crippen LogP contribution >= 0.6 is 36.6 Å². The summed E-state index contributed by atoms with van der Waals surface area (Å²) >= 11 is 4.11. The van der Waals surface area contributed by atoms with Crippen LogP contribution in [-0.2, 0) is 5.75 Å². The third-order valence-corrected chi connectivity index (χ3v) is 1.39. The van der Waals surface area contributed by atoms with Crippen molar-refractivity contribution in [1.82, 2.24) is 0 Å². The summed E-state index contributed by atoms with van der Waals surface area (Å²) in [5, 5.41) is 0. The minimum atomic E-state index is 0. The Hall–Kier alpha value is 0.300. The van der Waals surface area contributed by atoms with Crippen LogP contribution in [0.5, 0.6) is 0 Å². The number of hydrogen-bond acceptors (Lipinski definition) is 1. The van der Waals surface area contributed by atoms with Crippen molar-refractivity contribution in [2.24, 2.45) is 0 Å². The minimum Gasteiger partial charge on any atom is -0.175 e. The average molecular weight is 252 g/mol. The molecule has 0 N–H and O–H groups in total. The summed E-state index contributed by atoms with van der Waals surface area (Å²) < 4.78 is 0. The van der Waals surface area contributed by atoms with Crippen LogP contribution in [0.25, 0.3) is 0 Å². The lowest BCUT2D eigenvalue weighted by molar-refractivity contribution is 1.43. The third kappa shape index (κ3) is 3.11. The number of benzene rings is 1. The molecule has 0 amide bonds. The highest BCUT2D eigenvalue weighted by atomic mass is 127. The zero-order chi connectivity index (χ0) is 5.82. The maximum Gasteiger partial charge on any atom is 0.0154 e. The van der Waals surface area contributed by atoms with Crippen molar-refractivity contribution in [1.29, 1.82) is 0 Å². The van der Waals surface area contributed by atoms with Crippen molar-refractivity contribution in [3.8, 4) is 0 Å². The Bertz CT molecular complexity index is 150. The van der Waals surface area contributed by atoms with Crippen molar-refractivity contribution in [3.05, 3.63) is 35.9 Å². The molecule has 0 radical (unpaired) electrons. The Kier molecular flexibility index (Phi) is 5.28. The molecule has 2 heteroatoms. The molecule has 0 aliphatic heterocycles. The van der Waals surface area contributed by atoms with Gasteiger partial charge in [-0.15, -0.1) is 24.0 Å². The van der Waals surface area contributed by atoms with E-state index < -0.39 is 0 Å². The minimum absolute atomic E-state index is 0. The molecule has 0 atom stereocenters. The van der Waals surface area contributed by atoms with E-state index in [-0.39, 0.29) is 24.0 Å². The molecule has 0 unspecified atom stereocenters. The van der Waals surface area contributed by atoms with E-state index in [1.807, 2.05) is 18.2 Å². The predicted octanol–water partition coefficient (Wildman–Crippen LogP) is 2.73. The summed E-state index contributed by atoms with van der Waals surface area (Å²) in [7, 11) is 0. The largest absolute Gasteiger partial charge is 0.175 e. The SMILES string of the molecule is I.SCc1ccccc1. The summed E-state index contributed by atoms with van der Waals surface area (Å²) in [4.78, 5) is 0. The number of rotatable bonds is 1. The summed E-state index contributed by atoms with van der Waals surface area (Å²) in [6, 6.07) is 10.2. The van der Waals surface area contributed by atoms with E-state index in [1.54, 1.807) is 0 Å². The molecule has 0 heterocycles. The van der Waals surface area contributed by atoms with Gasteiger partial charge in [0, 0.05) is 5.75 Å². The smallest absolute Gasteiger partial charge is 0.0154 e. The van der Waals surface area contributed by atoms with Crippen LogP contribution in [0, 0.1) is 0 Å². The summed E-state index contributed by atoms with van der Waals surface area (Å²) in [5.41, 5.74) is 1.27. The number of thiol groups is 1. The molecule has 0 fully saturated rings. The Morgan fingerprint density at radius 2 is 1.67 bits per heavy atom. The Morgan fingerprint density at radius 3 is 2.00 bits per heavy atom. The van der Waals surface area contributed by atoms with Crippen molar-refractivity contribution in [2.75, 3.05) is 0 Å². The number of halogens is 1. The van der Waals surface area contributed by atoms with Crippen LogP contribution in [0.15, 0.2) is 30.3 Å². The van der Waals surface area contributed by atoms with Crippen LogP contribution < -0.4 is 0 Å². The van der Waals surface area contributed by atoms with Gasteiger partial charge < -0.3 is 0 Å². The fraction of sp³-hybridized carbons (Fsp3) is 0.143. The van der Waals surface area contributed by atoms with Gasteiger partial charge in [-0.25, -0.2) is 0 Å². The normalized spacial score (nSPS) is 8.11. The molecule has 0 spiro atoms. The standard InChI is InChI=1S/C7H8S.HI/c8-6-7-4-2-1-3-5-7;/h1-5,8H,6H2;1H. The second-order valence-corrected chi connectivity index (χ2v) is 1.96. The van der Waals surface area contributed by atoms with E-state index in [0.717, 1.165) is 5.75 Å². The molecule has 1 aromatic carbocycles. The maximum atomic E-state index is 4.11. The predicted molar refractivity (Wildman–Crippen MR) is 54.5 cm³/mol. The molecule has 0 aromatic heterocycles. The van der Waals surface area contributed by atoms with Crippen molar-refractivity contribution in [3.63, 3.8) is 0 Å². The zero-order valence-corrected chi connectivity index (χ0v) is 8.17. The summed E-state index contributed by atoms with van der Waals surface area (Å²) in [6.45, 7) is 0. The Morgan fingerprint density at radius 1 is 1.11 bits per heavy atom. The lowest BCUT2D eigenvalue weighted by Gasteiger charge is -1.89. The highest BCUT2D eigenvalue weighted by Crippen LogP contribution is 2.00. The van der Waals surface area contributed by atoms with Crippen molar-refractivity contribution < 1.29 is 0 Å². The first-order valence-corrected chi connectivity index (χ1v) is 3.21. The molecular weight excluding hydrogens is 243 g/mol.